The fourth-order valence-electron chi connectivity index (χ4n) is 5.37. The smallest absolute Gasteiger partial charge is 0.416 e. The van der Waals surface area contributed by atoms with Crippen LogP contribution in [0.2, 0.25) is 0 Å². The number of nitrogens with one attached hydrogen (secondary N) is 1. The topological polar surface area (TPSA) is 92.0 Å². The van der Waals surface area contributed by atoms with Gasteiger partial charge < -0.3 is 24.5 Å². The Morgan fingerprint density at radius 3 is 2.33 bits per heavy atom. The van der Waals surface area contributed by atoms with Crippen LogP contribution in [0.3, 0.4) is 0 Å². The van der Waals surface area contributed by atoms with Gasteiger partial charge in [-0.05, 0) is 68.1 Å². The standard InChI is InChI=1S/C32H37F3N2O5/c1-3-41-20-28-26(19-27(42-28)21-9-13-24(14-10-21)32(33,34)35)30(22-7-5-4-6-8-22)36-25-15-11-23(12-16-25)31(40)37(2)18-17-29(38)39/h9-16,19,22,30,36H,3-8,17-18,20H2,1-2H3,(H,38,39). The maximum absolute atomic E-state index is 13.1. The number of nitrogens with zero attached hydrogens (tertiary/aromatic N) is 1. The van der Waals surface area contributed by atoms with Gasteiger partial charge in [0.05, 0.1) is 18.0 Å². The van der Waals surface area contributed by atoms with E-state index in [1.165, 1.54) is 23.5 Å². The Balaban J connectivity index is 1.62. The monoisotopic (exact) mass is 586 g/mol. The number of amides is 1. The molecule has 42 heavy (non-hydrogen) atoms. The lowest BCUT2D eigenvalue weighted by molar-refractivity contribution is -0.138. The van der Waals surface area contributed by atoms with Crippen LogP contribution < -0.4 is 5.32 Å². The van der Waals surface area contributed by atoms with Gasteiger partial charge in [-0.2, -0.15) is 13.2 Å². The predicted octanol–water partition coefficient (Wildman–Crippen LogP) is 7.78. The van der Waals surface area contributed by atoms with E-state index in [1.54, 1.807) is 19.2 Å². The van der Waals surface area contributed by atoms with Gasteiger partial charge in [-0.1, -0.05) is 31.4 Å². The SMILES string of the molecule is CCOCc1oc(-c2ccc(C(F)(F)F)cc2)cc1C(Nc1ccc(C(=O)N(C)CCC(=O)O)cc1)C1CCCCC1. The van der Waals surface area contributed by atoms with Gasteiger partial charge in [0.2, 0.25) is 0 Å². The molecule has 2 N–H and O–H groups in total. The van der Waals surface area contributed by atoms with Crippen molar-refractivity contribution in [1.82, 2.24) is 4.90 Å². The molecule has 1 aliphatic rings. The normalized spacial score (nSPS) is 14.9. The number of ether oxygens (including phenoxy) is 1. The minimum Gasteiger partial charge on any atom is -0.481 e. The third-order valence-corrected chi connectivity index (χ3v) is 7.69. The number of carboxylic acids is 1. The highest BCUT2D eigenvalue weighted by Crippen LogP contribution is 2.41. The van der Waals surface area contributed by atoms with E-state index in [0.29, 0.717) is 35.2 Å². The third-order valence-electron chi connectivity index (χ3n) is 7.69. The summed E-state index contributed by atoms with van der Waals surface area (Å²) in [7, 11) is 1.57. The number of hydrogen-bond donors (Lipinski definition) is 2. The molecule has 0 saturated heterocycles. The van der Waals surface area contributed by atoms with Gasteiger partial charge in [-0.3, -0.25) is 9.59 Å². The summed E-state index contributed by atoms with van der Waals surface area (Å²) in [5.74, 6) is 0.165. The van der Waals surface area contributed by atoms with E-state index < -0.39 is 17.7 Å². The number of halogens is 3. The molecule has 0 aliphatic heterocycles. The average molecular weight is 587 g/mol. The molecule has 1 aromatic heterocycles. The van der Waals surface area contributed by atoms with Crippen molar-refractivity contribution in [3.63, 3.8) is 0 Å². The van der Waals surface area contributed by atoms with Gasteiger partial charge in [0.1, 0.15) is 18.1 Å². The molecule has 1 unspecified atom stereocenters. The van der Waals surface area contributed by atoms with Crippen molar-refractivity contribution in [2.45, 2.75) is 64.3 Å². The molecule has 1 aliphatic carbocycles. The first kappa shape index (κ1) is 31.2. The van der Waals surface area contributed by atoms with Crippen LogP contribution in [0.5, 0.6) is 0 Å². The summed E-state index contributed by atoms with van der Waals surface area (Å²) in [4.78, 5) is 25.0. The summed E-state index contributed by atoms with van der Waals surface area (Å²) >= 11 is 0. The van der Waals surface area contributed by atoms with Gasteiger partial charge in [0.25, 0.3) is 5.91 Å². The quantitative estimate of drug-likeness (QED) is 0.225. The van der Waals surface area contributed by atoms with Crippen LogP contribution in [-0.4, -0.2) is 42.1 Å². The Labute approximate surface area is 243 Å². The maximum Gasteiger partial charge on any atom is 0.416 e. The minimum atomic E-state index is -4.42. The molecule has 0 radical (unpaired) electrons. The molecule has 226 valence electrons. The summed E-state index contributed by atoms with van der Waals surface area (Å²) < 4.78 is 51.3. The first-order valence-electron chi connectivity index (χ1n) is 14.3. The van der Waals surface area contributed by atoms with Crippen LogP contribution in [0.1, 0.15) is 78.7 Å². The Morgan fingerprint density at radius 2 is 1.74 bits per heavy atom. The first-order valence-corrected chi connectivity index (χ1v) is 14.3. The van der Waals surface area contributed by atoms with Gasteiger partial charge in [0.15, 0.2) is 0 Å². The van der Waals surface area contributed by atoms with Crippen LogP contribution in [0.4, 0.5) is 18.9 Å². The molecule has 0 bridgehead atoms. The zero-order chi connectivity index (χ0) is 30.3. The third kappa shape index (κ3) is 7.94. The second kappa shape index (κ2) is 13.9. The van der Waals surface area contributed by atoms with Crippen LogP contribution in [0.15, 0.2) is 59.0 Å². The minimum absolute atomic E-state index is 0.113. The number of carbonyl (C=O) groups is 2. The molecule has 1 saturated carbocycles. The maximum atomic E-state index is 13.1. The molecule has 2 aromatic carbocycles. The van der Waals surface area contributed by atoms with Crippen molar-refractivity contribution in [2.75, 3.05) is 25.5 Å². The molecular weight excluding hydrogens is 549 g/mol. The van der Waals surface area contributed by atoms with Crippen LogP contribution in [0, 0.1) is 5.92 Å². The summed E-state index contributed by atoms with van der Waals surface area (Å²) in [6.07, 6.45) is 0.844. The van der Waals surface area contributed by atoms with E-state index in [2.05, 4.69) is 5.32 Å². The number of hydrogen-bond acceptors (Lipinski definition) is 5. The van der Waals surface area contributed by atoms with E-state index in [1.807, 2.05) is 25.1 Å². The van der Waals surface area contributed by atoms with Crippen molar-refractivity contribution in [1.29, 1.82) is 0 Å². The number of aliphatic carboxylic acids is 1. The van der Waals surface area contributed by atoms with E-state index in [9.17, 15) is 22.8 Å². The van der Waals surface area contributed by atoms with Crippen LogP contribution >= 0.6 is 0 Å². The van der Waals surface area contributed by atoms with Gasteiger partial charge in [-0.25, -0.2) is 0 Å². The molecule has 3 aromatic rings. The molecule has 1 fully saturated rings. The summed E-state index contributed by atoms with van der Waals surface area (Å²) in [5.41, 5.74) is 1.98. The Hall–Kier alpha value is -3.79. The van der Waals surface area contributed by atoms with Gasteiger partial charge in [0, 0.05) is 42.6 Å². The molecule has 1 atom stereocenters. The van der Waals surface area contributed by atoms with Crippen molar-refractivity contribution in [3.8, 4) is 11.3 Å². The second-order valence-electron chi connectivity index (χ2n) is 10.7. The second-order valence-corrected chi connectivity index (χ2v) is 10.7. The molecule has 4 rings (SSSR count). The summed E-state index contributed by atoms with van der Waals surface area (Å²) in [6.45, 7) is 2.71. The molecule has 7 nitrogen and oxygen atoms in total. The van der Waals surface area contributed by atoms with Gasteiger partial charge in [-0.15, -0.1) is 0 Å². The molecule has 1 heterocycles. The van der Waals surface area contributed by atoms with E-state index >= 15 is 0 Å². The van der Waals surface area contributed by atoms with E-state index in [4.69, 9.17) is 14.3 Å². The van der Waals surface area contributed by atoms with Crippen LogP contribution in [0.25, 0.3) is 11.3 Å². The van der Waals surface area contributed by atoms with Crippen LogP contribution in [-0.2, 0) is 22.3 Å². The number of benzene rings is 2. The van der Waals surface area contributed by atoms with Crippen molar-refractivity contribution in [2.24, 2.45) is 5.92 Å². The number of carbonyl (C=O) groups excluding carboxylic acids is 1. The van der Waals surface area contributed by atoms with Crippen molar-refractivity contribution >= 4 is 17.6 Å². The number of rotatable bonds is 12. The highest BCUT2D eigenvalue weighted by atomic mass is 19.4. The Morgan fingerprint density at radius 1 is 1.07 bits per heavy atom. The summed E-state index contributed by atoms with van der Waals surface area (Å²) in [5, 5.41) is 12.6. The lowest BCUT2D eigenvalue weighted by atomic mass is 9.81. The van der Waals surface area contributed by atoms with Crippen molar-refractivity contribution < 1.29 is 37.0 Å². The fraction of sp³-hybridized carbons (Fsp3) is 0.438. The van der Waals surface area contributed by atoms with E-state index in [-0.39, 0.29) is 31.5 Å². The number of carboxylic acid groups (broad SMARTS) is 1. The molecule has 1 amide bonds. The zero-order valence-electron chi connectivity index (χ0n) is 23.9. The lowest BCUT2D eigenvalue weighted by Crippen LogP contribution is -2.29. The highest BCUT2D eigenvalue weighted by Gasteiger charge is 2.32. The van der Waals surface area contributed by atoms with Gasteiger partial charge >= 0.3 is 12.1 Å². The molecule has 10 heteroatoms. The number of furan rings is 1. The highest BCUT2D eigenvalue weighted by molar-refractivity contribution is 5.94. The summed E-state index contributed by atoms with van der Waals surface area (Å²) in [6, 6.07) is 13.8. The fourth-order valence-corrected chi connectivity index (χ4v) is 5.37. The van der Waals surface area contributed by atoms with E-state index in [0.717, 1.165) is 49.1 Å². The molecule has 0 spiro atoms. The first-order chi connectivity index (χ1) is 20.1. The number of alkyl halides is 3. The average Bonchev–Trinajstić information content (AvgIpc) is 3.41. The lowest BCUT2D eigenvalue weighted by Gasteiger charge is -2.32. The zero-order valence-corrected chi connectivity index (χ0v) is 23.9. The Bertz CT molecular complexity index is 1330. The largest absolute Gasteiger partial charge is 0.481 e. The predicted molar refractivity (Wildman–Crippen MR) is 153 cm³/mol. The number of anilines is 1. The molecular formula is C32H37F3N2O5. The Kier molecular flexibility index (Phi) is 10.3. The van der Waals surface area contributed by atoms with Crippen molar-refractivity contribution in [3.05, 3.63) is 77.0 Å².